The number of fused-ring (bicyclic) bond motifs is 1. The molecule has 31 heavy (non-hydrogen) atoms. The zero-order chi connectivity index (χ0) is 22.0. The number of hydrogen-bond acceptors (Lipinski definition) is 4. The van der Waals surface area contributed by atoms with E-state index in [-0.39, 0.29) is 15.6 Å². The van der Waals surface area contributed by atoms with Crippen LogP contribution in [-0.4, -0.2) is 23.6 Å². The van der Waals surface area contributed by atoms with Crippen molar-refractivity contribution in [3.63, 3.8) is 0 Å². The Labute approximate surface area is 182 Å². The fourth-order valence-electron chi connectivity index (χ4n) is 3.49. The number of ketones is 1. The second kappa shape index (κ2) is 8.47. The van der Waals surface area contributed by atoms with Crippen molar-refractivity contribution in [2.45, 2.75) is 42.4 Å². The van der Waals surface area contributed by atoms with Crippen molar-refractivity contribution in [1.29, 1.82) is 0 Å². The van der Waals surface area contributed by atoms with Crippen LogP contribution in [-0.2, 0) is 16.3 Å². The Kier molecular flexibility index (Phi) is 5.74. The summed E-state index contributed by atoms with van der Waals surface area (Å²) < 4.78 is 27.6. The Morgan fingerprint density at radius 3 is 2.23 bits per heavy atom. The normalized spacial score (nSPS) is 11.8. The quantitative estimate of drug-likeness (QED) is 0.381. The van der Waals surface area contributed by atoms with Crippen molar-refractivity contribution in [2.24, 2.45) is 0 Å². The molecule has 0 N–H and O–H groups in total. The molecule has 0 fully saturated rings. The molecule has 4 aromatic rings. The van der Waals surface area contributed by atoms with E-state index in [1.807, 2.05) is 28.8 Å². The van der Waals surface area contributed by atoms with Gasteiger partial charge in [-0.1, -0.05) is 38.1 Å². The van der Waals surface area contributed by atoms with Gasteiger partial charge in [-0.2, -0.15) is 0 Å². The van der Waals surface area contributed by atoms with Gasteiger partial charge in [-0.05, 0) is 59.9 Å². The lowest BCUT2D eigenvalue weighted by Gasteiger charge is -2.09. The van der Waals surface area contributed by atoms with E-state index in [4.69, 9.17) is 0 Å². The van der Waals surface area contributed by atoms with Crippen LogP contribution in [0.1, 0.15) is 47.7 Å². The molecule has 0 saturated carbocycles. The highest BCUT2D eigenvalue weighted by molar-refractivity contribution is 7.91. The number of carbonyl (C=O) groups is 1. The van der Waals surface area contributed by atoms with E-state index >= 15 is 0 Å². The Hall–Kier alpha value is -3.25. The fraction of sp³-hybridized carbons (Fsp3) is 0.200. The molecule has 0 atom stereocenters. The van der Waals surface area contributed by atoms with Crippen LogP contribution in [0, 0.1) is 0 Å². The third-order valence-corrected chi connectivity index (χ3v) is 7.23. The van der Waals surface area contributed by atoms with E-state index in [2.05, 4.69) is 18.8 Å². The minimum absolute atomic E-state index is 0.0394. The van der Waals surface area contributed by atoms with Crippen molar-refractivity contribution in [3.05, 3.63) is 95.9 Å². The Morgan fingerprint density at radius 2 is 1.58 bits per heavy atom. The van der Waals surface area contributed by atoms with Crippen LogP contribution in [0.15, 0.2) is 89.0 Å². The molecule has 2 aromatic heterocycles. The van der Waals surface area contributed by atoms with Gasteiger partial charge < -0.3 is 4.40 Å². The van der Waals surface area contributed by atoms with Gasteiger partial charge in [0, 0.05) is 30.6 Å². The monoisotopic (exact) mass is 432 g/mol. The largest absolute Gasteiger partial charge is 0.306 e. The zero-order valence-electron chi connectivity index (χ0n) is 17.5. The molecule has 0 aliphatic rings. The molecule has 0 saturated heterocycles. The summed E-state index contributed by atoms with van der Waals surface area (Å²) in [6.45, 7) is 4.14. The second-order valence-corrected chi connectivity index (χ2v) is 9.85. The second-order valence-electron chi connectivity index (χ2n) is 7.90. The lowest BCUT2D eigenvalue weighted by Crippen LogP contribution is -2.04. The van der Waals surface area contributed by atoms with Crippen LogP contribution in [0.4, 0.5) is 0 Å². The van der Waals surface area contributed by atoms with Crippen molar-refractivity contribution in [1.82, 2.24) is 9.38 Å². The van der Waals surface area contributed by atoms with Crippen LogP contribution in [0.25, 0.3) is 5.65 Å². The molecule has 0 aliphatic heterocycles. The van der Waals surface area contributed by atoms with Crippen LogP contribution < -0.4 is 0 Å². The maximum Gasteiger partial charge on any atom is 0.206 e. The first-order valence-electron chi connectivity index (χ1n) is 10.2. The number of hydrogen-bond donors (Lipinski definition) is 0. The number of aromatic nitrogens is 2. The Morgan fingerprint density at radius 1 is 0.935 bits per heavy atom. The third kappa shape index (κ3) is 4.44. The summed E-state index contributed by atoms with van der Waals surface area (Å²) in [6, 6.07) is 17.4. The number of nitrogens with zero attached hydrogens (tertiary/aromatic N) is 2. The van der Waals surface area contributed by atoms with Crippen molar-refractivity contribution in [3.8, 4) is 0 Å². The number of sulfone groups is 1. The number of benzene rings is 2. The highest BCUT2D eigenvalue weighted by Crippen LogP contribution is 2.24. The van der Waals surface area contributed by atoms with Crippen LogP contribution >= 0.6 is 0 Å². The van der Waals surface area contributed by atoms with Gasteiger partial charge in [-0.25, -0.2) is 13.4 Å². The molecule has 0 amide bonds. The van der Waals surface area contributed by atoms with E-state index in [1.165, 1.54) is 0 Å². The smallest absolute Gasteiger partial charge is 0.206 e. The molecule has 2 heterocycles. The van der Waals surface area contributed by atoms with E-state index < -0.39 is 9.84 Å². The van der Waals surface area contributed by atoms with E-state index in [9.17, 15) is 13.2 Å². The molecule has 0 unspecified atom stereocenters. The lowest BCUT2D eigenvalue weighted by atomic mass is 10.0. The fourth-order valence-corrected chi connectivity index (χ4v) is 4.75. The van der Waals surface area contributed by atoms with Gasteiger partial charge in [0.15, 0.2) is 5.78 Å². The van der Waals surface area contributed by atoms with Gasteiger partial charge in [0.1, 0.15) is 5.65 Å². The minimum atomic E-state index is -3.56. The first kappa shape index (κ1) is 21.0. The summed E-state index contributed by atoms with van der Waals surface area (Å²) in [5, 5.41) is 0. The van der Waals surface area contributed by atoms with Gasteiger partial charge in [-0.15, -0.1) is 0 Å². The summed E-state index contributed by atoms with van der Waals surface area (Å²) in [7, 11) is -3.56. The maximum atomic E-state index is 12.9. The average Bonchev–Trinajstić information content (AvgIpc) is 3.25. The number of rotatable bonds is 7. The summed E-state index contributed by atoms with van der Waals surface area (Å²) in [6.07, 6.45) is 6.18. The molecule has 0 aliphatic carbocycles. The summed E-state index contributed by atoms with van der Waals surface area (Å²) >= 11 is 0. The molecule has 158 valence electrons. The Balaban J connectivity index is 1.44. The molecular weight excluding hydrogens is 408 g/mol. The molecule has 0 spiro atoms. The first-order chi connectivity index (χ1) is 14.8. The van der Waals surface area contributed by atoms with Crippen LogP contribution in [0.3, 0.4) is 0 Å². The summed E-state index contributed by atoms with van der Waals surface area (Å²) in [5.74, 6) is 0.387. The van der Waals surface area contributed by atoms with Crippen LogP contribution in [0.2, 0.25) is 0 Å². The number of Topliss-reactive ketones (excluding diaryl/α,β-unsaturated/α-hetero) is 1. The molecule has 0 bridgehead atoms. The van der Waals surface area contributed by atoms with E-state index in [0.29, 0.717) is 24.3 Å². The number of aryl methyl sites for hydroxylation is 1. The van der Waals surface area contributed by atoms with Crippen molar-refractivity contribution >= 4 is 21.3 Å². The summed E-state index contributed by atoms with van der Waals surface area (Å²) in [5.41, 5.74) is 3.46. The Bertz CT molecular complexity index is 1320. The predicted octanol–water partition coefficient (Wildman–Crippen LogP) is 5.11. The maximum absolute atomic E-state index is 12.9. The van der Waals surface area contributed by atoms with Gasteiger partial charge in [-0.3, -0.25) is 4.79 Å². The number of pyridine rings is 1. The highest BCUT2D eigenvalue weighted by Gasteiger charge is 2.18. The SMILES string of the molecule is CC(C)c1ccc(S(=O)(=O)c2ccc(CCC(=O)c3ccc4nccn4c3)cc2)cc1. The molecule has 6 heteroatoms. The van der Waals surface area contributed by atoms with Crippen molar-refractivity contribution in [2.75, 3.05) is 0 Å². The average molecular weight is 433 g/mol. The molecular formula is C25H24N2O3S. The third-order valence-electron chi connectivity index (χ3n) is 5.44. The van der Waals surface area contributed by atoms with Crippen molar-refractivity contribution < 1.29 is 13.2 Å². The minimum Gasteiger partial charge on any atom is -0.306 e. The summed E-state index contributed by atoms with van der Waals surface area (Å²) in [4.78, 5) is 17.3. The molecule has 2 aromatic carbocycles. The molecule has 5 nitrogen and oxygen atoms in total. The topological polar surface area (TPSA) is 68.5 Å². The standard InChI is InChI=1S/C25H24N2O3S/c1-18(2)20-6-11-23(12-7-20)31(29,30)22-9-3-19(4-10-22)5-13-24(28)21-8-14-25-26-15-16-27(25)17-21/h3-4,6-12,14-18H,5,13H2,1-2H3. The van der Waals surface area contributed by atoms with Crippen LogP contribution in [0.5, 0.6) is 0 Å². The van der Waals surface area contributed by atoms with Gasteiger partial charge in [0.05, 0.1) is 9.79 Å². The lowest BCUT2D eigenvalue weighted by molar-refractivity contribution is 0.0982. The molecule has 4 rings (SSSR count). The zero-order valence-corrected chi connectivity index (χ0v) is 18.3. The number of imidazole rings is 1. The molecule has 0 radical (unpaired) electrons. The van der Waals surface area contributed by atoms with E-state index in [1.54, 1.807) is 54.9 Å². The predicted molar refractivity (Wildman–Crippen MR) is 120 cm³/mol. The highest BCUT2D eigenvalue weighted by atomic mass is 32.2. The number of carbonyl (C=O) groups excluding carboxylic acids is 1. The van der Waals surface area contributed by atoms with E-state index in [0.717, 1.165) is 16.8 Å². The van der Waals surface area contributed by atoms with Gasteiger partial charge in [0.2, 0.25) is 9.84 Å². The van der Waals surface area contributed by atoms with Gasteiger partial charge in [0.25, 0.3) is 0 Å². The van der Waals surface area contributed by atoms with Gasteiger partial charge >= 0.3 is 0 Å². The first-order valence-corrected chi connectivity index (χ1v) is 11.7.